The lowest BCUT2D eigenvalue weighted by Crippen LogP contribution is -2.47. The van der Waals surface area contributed by atoms with E-state index in [1.165, 1.54) is 29.9 Å². The molecule has 2 aromatic heterocycles. The number of nitrogens with zero attached hydrogens (tertiary/aromatic N) is 4. The van der Waals surface area contributed by atoms with Crippen LogP contribution in [0.15, 0.2) is 48.8 Å². The molecule has 1 fully saturated rings. The van der Waals surface area contributed by atoms with Crippen molar-refractivity contribution in [2.45, 2.75) is 50.2 Å². The van der Waals surface area contributed by atoms with Gasteiger partial charge in [-0.2, -0.15) is 15.4 Å². The van der Waals surface area contributed by atoms with Gasteiger partial charge in [-0.15, -0.1) is 0 Å². The number of carboxylic acids is 1. The number of nitrogens with two attached hydrogens (primary N) is 1. The van der Waals surface area contributed by atoms with Crippen LogP contribution in [0.5, 0.6) is 5.75 Å². The highest BCUT2D eigenvalue weighted by atomic mass is 31.2. The van der Waals surface area contributed by atoms with Crippen LogP contribution >= 0.6 is 7.75 Å². The van der Waals surface area contributed by atoms with E-state index in [0.29, 0.717) is 5.52 Å². The molecule has 5 N–H and O–H groups in total. The maximum absolute atomic E-state index is 13.7. The van der Waals surface area contributed by atoms with Gasteiger partial charge in [-0.1, -0.05) is 25.1 Å². The summed E-state index contributed by atoms with van der Waals surface area (Å²) in [6, 6.07) is 11.4. The first-order valence-corrected chi connectivity index (χ1v) is 13.6. The van der Waals surface area contributed by atoms with Crippen molar-refractivity contribution in [2.75, 3.05) is 12.3 Å². The standard InChI is InChI=1S/C24H27N6O9P/c1-3-18(31)37-20-19(16-9-10-17-22(26)27-13-28-30(16)17)38-24(11-25,21(20)32)12-36-40(35,29-14(2)23(33)34)39-15-7-5-4-6-8-15/h4-10,13-14,19-21,32H,3,12H2,1-2H3,(H,29,35)(H,33,34)(H2,26,27,28)/t14?,19-,20-,21-,24+,40-/m0/s1. The molecule has 0 amide bonds. The third-order valence-corrected chi connectivity index (χ3v) is 7.74. The van der Waals surface area contributed by atoms with Gasteiger partial charge in [0.15, 0.2) is 11.9 Å². The minimum absolute atomic E-state index is 0.0346. The number of aromatic nitrogens is 3. The lowest BCUT2D eigenvalue weighted by atomic mass is 9.96. The molecule has 40 heavy (non-hydrogen) atoms. The largest absolute Gasteiger partial charge is 0.480 e. The Hall–Kier alpha value is -4.06. The molecule has 1 aromatic carbocycles. The third-order valence-electron chi connectivity index (χ3n) is 6.11. The van der Waals surface area contributed by atoms with Crippen molar-refractivity contribution in [3.63, 3.8) is 0 Å². The van der Waals surface area contributed by atoms with Crippen molar-refractivity contribution in [1.82, 2.24) is 19.7 Å². The Balaban J connectivity index is 1.68. The quantitative estimate of drug-likeness (QED) is 0.189. The molecule has 212 valence electrons. The van der Waals surface area contributed by atoms with Gasteiger partial charge in [-0.05, 0) is 31.2 Å². The Labute approximate surface area is 228 Å². The second-order valence-electron chi connectivity index (χ2n) is 8.86. The minimum Gasteiger partial charge on any atom is -0.480 e. The number of benzene rings is 1. The van der Waals surface area contributed by atoms with E-state index in [0.717, 1.165) is 0 Å². The fourth-order valence-electron chi connectivity index (χ4n) is 4.00. The second-order valence-corrected chi connectivity index (χ2v) is 10.6. The fourth-order valence-corrected chi connectivity index (χ4v) is 5.53. The van der Waals surface area contributed by atoms with Gasteiger partial charge in [-0.3, -0.25) is 14.1 Å². The number of anilines is 1. The number of nitrogen functional groups attached to an aromatic ring is 1. The van der Waals surface area contributed by atoms with Crippen LogP contribution in [-0.2, 0) is 28.2 Å². The molecular formula is C24H27N6O9P. The lowest BCUT2D eigenvalue weighted by Gasteiger charge is -2.28. The summed E-state index contributed by atoms with van der Waals surface area (Å²) in [5.41, 5.74) is 4.35. The molecule has 16 heteroatoms. The van der Waals surface area contributed by atoms with E-state index in [9.17, 15) is 29.6 Å². The number of ether oxygens (including phenoxy) is 2. The first-order chi connectivity index (χ1) is 19.0. The SMILES string of the molecule is CCC(=O)O[C@H]1[C@H](c2ccc3c(N)ncnn23)O[C@](C#N)(CO[P@@](=O)(NC(C)C(=O)O)Oc2ccccc2)[C@H]1O. The van der Waals surface area contributed by atoms with Gasteiger partial charge in [-0.25, -0.2) is 14.1 Å². The number of hydrogen-bond donors (Lipinski definition) is 4. The molecule has 0 bridgehead atoms. The number of fused-ring (bicyclic) bond motifs is 1. The number of para-hydroxylation sites is 1. The molecule has 4 rings (SSSR count). The van der Waals surface area contributed by atoms with E-state index in [1.807, 2.05) is 6.07 Å². The van der Waals surface area contributed by atoms with Crippen LogP contribution in [0.4, 0.5) is 5.82 Å². The van der Waals surface area contributed by atoms with E-state index < -0.39 is 56.2 Å². The number of carboxylic acid groups (broad SMARTS) is 1. The van der Waals surface area contributed by atoms with Gasteiger partial charge >= 0.3 is 19.7 Å². The zero-order valence-electron chi connectivity index (χ0n) is 21.4. The number of esters is 1. The van der Waals surface area contributed by atoms with Crippen molar-refractivity contribution in [3.05, 3.63) is 54.5 Å². The van der Waals surface area contributed by atoms with E-state index >= 15 is 0 Å². The van der Waals surface area contributed by atoms with Gasteiger partial charge in [0.25, 0.3) is 0 Å². The normalized spacial score (nSPS) is 24.6. The second kappa shape index (κ2) is 11.6. The van der Waals surface area contributed by atoms with Gasteiger partial charge in [0, 0.05) is 6.42 Å². The minimum atomic E-state index is -4.49. The number of nitriles is 1. The number of carbonyl (C=O) groups excluding carboxylic acids is 1. The van der Waals surface area contributed by atoms with E-state index in [2.05, 4.69) is 15.2 Å². The summed E-state index contributed by atoms with van der Waals surface area (Å²) in [5, 5.41) is 37.2. The lowest BCUT2D eigenvalue weighted by molar-refractivity contribution is -0.155. The highest BCUT2D eigenvalue weighted by Gasteiger charge is 2.59. The number of aliphatic carboxylic acids is 1. The molecule has 6 atom stereocenters. The van der Waals surface area contributed by atoms with Gasteiger partial charge in [0.05, 0.1) is 5.69 Å². The molecule has 0 radical (unpaired) electrons. The highest BCUT2D eigenvalue weighted by molar-refractivity contribution is 7.52. The predicted molar refractivity (Wildman–Crippen MR) is 137 cm³/mol. The number of nitrogens with one attached hydrogen (secondary N) is 1. The average molecular weight is 574 g/mol. The number of aliphatic hydroxyl groups is 1. The van der Waals surface area contributed by atoms with E-state index in [-0.39, 0.29) is 23.7 Å². The van der Waals surface area contributed by atoms with Crippen LogP contribution in [0.25, 0.3) is 5.52 Å². The summed E-state index contributed by atoms with van der Waals surface area (Å²) in [5.74, 6) is -1.80. The van der Waals surface area contributed by atoms with Crippen molar-refractivity contribution in [2.24, 2.45) is 0 Å². The van der Waals surface area contributed by atoms with Gasteiger partial charge in [0.1, 0.15) is 48.5 Å². The Bertz CT molecular complexity index is 1480. The molecule has 3 heterocycles. The Morgan fingerprint density at radius 1 is 1.32 bits per heavy atom. The summed E-state index contributed by atoms with van der Waals surface area (Å²) in [6.07, 6.45) is -3.30. The summed E-state index contributed by atoms with van der Waals surface area (Å²) >= 11 is 0. The van der Waals surface area contributed by atoms with E-state index in [1.54, 1.807) is 37.3 Å². The number of rotatable bonds is 11. The molecule has 3 aromatic rings. The fraction of sp³-hybridized carbons (Fsp3) is 0.375. The molecule has 0 spiro atoms. The van der Waals surface area contributed by atoms with Crippen LogP contribution < -0.4 is 15.3 Å². The third kappa shape index (κ3) is 5.76. The smallest absolute Gasteiger partial charge is 0.459 e. The average Bonchev–Trinajstić information content (AvgIpc) is 3.48. The zero-order chi connectivity index (χ0) is 29.1. The number of aliphatic hydroxyl groups excluding tert-OH is 1. The maximum atomic E-state index is 13.7. The van der Waals surface area contributed by atoms with Gasteiger partial charge in [0.2, 0.25) is 5.60 Å². The first-order valence-electron chi connectivity index (χ1n) is 12.1. The van der Waals surface area contributed by atoms with Gasteiger partial charge < -0.3 is 29.9 Å². The number of hydrogen-bond acceptors (Lipinski definition) is 12. The summed E-state index contributed by atoms with van der Waals surface area (Å²) in [7, 11) is -4.49. The van der Waals surface area contributed by atoms with Crippen LogP contribution in [0.1, 0.15) is 32.1 Å². The van der Waals surface area contributed by atoms with Crippen molar-refractivity contribution in [1.29, 1.82) is 5.26 Å². The molecular weight excluding hydrogens is 547 g/mol. The first kappa shape index (κ1) is 28.9. The summed E-state index contributed by atoms with van der Waals surface area (Å²) in [4.78, 5) is 27.6. The topological polar surface area (TPSA) is 221 Å². The molecule has 0 aliphatic carbocycles. The van der Waals surface area contributed by atoms with Crippen LogP contribution in [0.3, 0.4) is 0 Å². The number of carbonyl (C=O) groups is 2. The Kier molecular flexibility index (Phi) is 8.38. The monoisotopic (exact) mass is 574 g/mol. The highest BCUT2D eigenvalue weighted by Crippen LogP contribution is 2.49. The van der Waals surface area contributed by atoms with E-state index in [4.69, 9.17) is 24.3 Å². The van der Waals surface area contributed by atoms with Crippen molar-refractivity contribution < 1.29 is 42.9 Å². The predicted octanol–water partition coefficient (Wildman–Crippen LogP) is 1.59. The molecule has 1 aliphatic heterocycles. The summed E-state index contributed by atoms with van der Waals surface area (Å²) in [6.45, 7) is 1.90. The molecule has 15 nitrogen and oxygen atoms in total. The Morgan fingerprint density at radius 2 is 2.05 bits per heavy atom. The summed E-state index contributed by atoms with van der Waals surface area (Å²) < 4.78 is 37.5. The zero-order valence-corrected chi connectivity index (χ0v) is 22.3. The molecule has 1 saturated heterocycles. The van der Waals surface area contributed by atoms with Crippen LogP contribution in [0.2, 0.25) is 0 Å². The van der Waals surface area contributed by atoms with Crippen molar-refractivity contribution >= 4 is 31.0 Å². The Morgan fingerprint density at radius 3 is 2.70 bits per heavy atom. The molecule has 1 unspecified atom stereocenters. The van der Waals surface area contributed by atoms with Crippen LogP contribution in [-0.4, -0.2) is 67.2 Å². The molecule has 1 aliphatic rings. The maximum Gasteiger partial charge on any atom is 0.459 e. The molecule has 0 saturated carbocycles. The van der Waals surface area contributed by atoms with Crippen molar-refractivity contribution in [3.8, 4) is 11.8 Å². The van der Waals surface area contributed by atoms with Crippen LogP contribution in [0, 0.1) is 11.3 Å².